The zero-order chi connectivity index (χ0) is 11.7. The van der Waals surface area contributed by atoms with Gasteiger partial charge in [-0.1, -0.05) is 39.0 Å². The number of rotatable bonds is 2. The van der Waals surface area contributed by atoms with Crippen molar-refractivity contribution in [3.05, 3.63) is 0 Å². The highest BCUT2D eigenvalue weighted by Gasteiger charge is 2.54. The summed E-state index contributed by atoms with van der Waals surface area (Å²) in [6, 6.07) is 0. The fourth-order valence-electron chi connectivity index (χ4n) is 2.35. The van der Waals surface area contributed by atoms with E-state index in [2.05, 4.69) is 0 Å². The average Bonchev–Trinajstić information content (AvgIpc) is 2.16. The van der Waals surface area contributed by atoms with E-state index in [0.29, 0.717) is 0 Å². The molecule has 0 spiro atoms. The minimum atomic E-state index is -4.52. The zero-order valence-electron chi connectivity index (χ0n) is 9.27. The van der Waals surface area contributed by atoms with Crippen LogP contribution in [0, 0.1) is 11.8 Å². The molecule has 15 heavy (non-hydrogen) atoms. The Morgan fingerprint density at radius 3 is 2.00 bits per heavy atom. The highest BCUT2D eigenvalue weighted by Crippen LogP contribution is 2.43. The fraction of sp³-hybridized carbons (Fsp3) is 1.00. The molecule has 1 saturated carbocycles. The predicted molar refractivity (Wildman–Crippen MR) is 52.4 cm³/mol. The summed E-state index contributed by atoms with van der Waals surface area (Å²) in [6.45, 7) is 2.41. The molecule has 0 bridgehead atoms. The van der Waals surface area contributed by atoms with Crippen molar-refractivity contribution in [2.75, 3.05) is 0 Å². The molecule has 0 aromatic heterocycles. The molecular formula is C11H19F3O. The molecule has 0 aliphatic heterocycles. The van der Waals surface area contributed by atoms with Gasteiger partial charge in [0.05, 0.1) is 0 Å². The van der Waals surface area contributed by atoms with Crippen molar-refractivity contribution < 1.29 is 18.3 Å². The lowest BCUT2D eigenvalue weighted by atomic mass is 9.73. The minimum Gasteiger partial charge on any atom is -0.380 e. The van der Waals surface area contributed by atoms with E-state index in [1.54, 1.807) is 0 Å². The normalized spacial score (nSPS) is 26.0. The van der Waals surface area contributed by atoms with Crippen LogP contribution in [-0.2, 0) is 0 Å². The van der Waals surface area contributed by atoms with Crippen molar-refractivity contribution >= 4 is 0 Å². The Kier molecular flexibility index (Phi) is 3.69. The van der Waals surface area contributed by atoms with Crippen LogP contribution in [0.4, 0.5) is 13.2 Å². The van der Waals surface area contributed by atoms with Crippen molar-refractivity contribution in [3.8, 4) is 0 Å². The van der Waals surface area contributed by atoms with Crippen LogP contribution in [0.5, 0.6) is 0 Å². The molecule has 1 rings (SSSR count). The first-order valence-corrected chi connectivity index (χ1v) is 5.56. The van der Waals surface area contributed by atoms with Gasteiger partial charge in [0.25, 0.3) is 0 Å². The van der Waals surface area contributed by atoms with Gasteiger partial charge in [-0.15, -0.1) is 0 Å². The maximum Gasteiger partial charge on any atom is 0.417 e. The van der Waals surface area contributed by atoms with Crippen molar-refractivity contribution in [1.82, 2.24) is 0 Å². The number of aliphatic hydroxyl groups is 1. The molecule has 1 fully saturated rings. The van der Waals surface area contributed by atoms with Gasteiger partial charge in [-0.2, -0.15) is 13.2 Å². The van der Waals surface area contributed by atoms with Crippen LogP contribution >= 0.6 is 0 Å². The molecule has 1 nitrogen and oxygen atoms in total. The molecule has 0 aromatic rings. The summed E-state index contributed by atoms with van der Waals surface area (Å²) in [7, 11) is 0. The molecule has 0 radical (unpaired) electrons. The minimum absolute atomic E-state index is 0.00961. The summed E-state index contributed by atoms with van der Waals surface area (Å²) in [5, 5.41) is 9.55. The van der Waals surface area contributed by atoms with E-state index < -0.39 is 17.7 Å². The lowest BCUT2D eigenvalue weighted by molar-refractivity contribution is -0.276. The molecule has 4 heteroatoms. The van der Waals surface area contributed by atoms with E-state index in [4.69, 9.17) is 0 Å². The predicted octanol–water partition coefficient (Wildman–Crippen LogP) is 3.52. The monoisotopic (exact) mass is 224 g/mol. The van der Waals surface area contributed by atoms with Gasteiger partial charge in [0.1, 0.15) is 0 Å². The number of alkyl halides is 3. The molecule has 0 amide bonds. The third-order valence-corrected chi connectivity index (χ3v) is 3.82. The van der Waals surface area contributed by atoms with E-state index >= 15 is 0 Å². The first-order valence-electron chi connectivity index (χ1n) is 5.56. The SMILES string of the molecule is CC(C1CCCCC1)C(C)(O)C(F)(F)F. The van der Waals surface area contributed by atoms with Gasteiger partial charge in [-0.25, -0.2) is 0 Å². The van der Waals surface area contributed by atoms with Crippen LogP contribution < -0.4 is 0 Å². The van der Waals surface area contributed by atoms with Crippen LogP contribution in [0.1, 0.15) is 46.0 Å². The van der Waals surface area contributed by atoms with Gasteiger partial charge >= 0.3 is 6.18 Å². The van der Waals surface area contributed by atoms with E-state index in [9.17, 15) is 18.3 Å². The van der Waals surface area contributed by atoms with Crippen LogP contribution in [-0.4, -0.2) is 16.9 Å². The number of halogens is 3. The maximum atomic E-state index is 12.6. The Bertz CT molecular complexity index is 204. The molecule has 0 heterocycles. The van der Waals surface area contributed by atoms with Crippen molar-refractivity contribution in [2.45, 2.75) is 57.7 Å². The smallest absolute Gasteiger partial charge is 0.380 e. The molecule has 0 aromatic carbocycles. The van der Waals surface area contributed by atoms with Gasteiger partial charge in [-0.05, 0) is 18.8 Å². The highest BCUT2D eigenvalue weighted by molar-refractivity contribution is 4.90. The zero-order valence-corrected chi connectivity index (χ0v) is 9.27. The quantitative estimate of drug-likeness (QED) is 0.761. The van der Waals surface area contributed by atoms with Crippen LogP contribution in [0.2, 0.25) is 0 Å². The summed E-state index contributed by atoms with van der Waals surface area (Å²) >= 11 is 0. The average molecular weight is 224 g/mol. The van der Waals surface area contributed by atoms with E-state index in [-0.39, 0.29) is 5.92 Å². The summed E-state index contributed by atoms with van der Waals surface area (Å²) in [6.07, 6.45) is 0.188. The Hall–Kier alpha value is -0.250. The molecule has 1 aliphatic rings. The maximum absolute atomic E-state index is 12.6. The van der Waals surface area contributed by atoms with Crippen LogP contribution in [0.15, 0.2) is 0 Å². The van der Waals surface area contributed by atoms with Gasteiger partial charge in [0, 0.05) is 0 Å². The molecule has 90 valence electrons. The van der Waals surface area contributed by atoms with Crippen molar-refractivity contribution in [2.24, 2.45) is 11.8 Å². The van der Waals surface area contributed by atoms with Gasteiger partial charge in [0.2, 0.25) is 0 Å². The Morgan fingerprint density at radius 1 is 1.13 bits per heavy atom. The summed E-state index contributed by atoms with van der Waals surface area (Å²) in [4.78, 5) is 0. The second-order valence-electron chi connectivity index (χ2n) is 4.83. The van der Waals surface area contributed by atoms with Crippen LogP contribution in [0.25, 0.3) is 0 Å². The lowest BCUT2D eigenvalue weighted by Gasteiger charge is -2.38. The first kappa shape index (κ1) is 12.8. The fourth-order valence-corrected chi connectivity index (χ4v) is 2.35. The molecule has 2 unspecified atom stereocenters. The molecule has 0 saturated heterocycles. The largest absolute Gasteiger partial charge is 0.417 e. The van der Waals surface area contributed by atoms with Crippen molar-refractivity contribution in [1.29, 1.82) is 0 Å². The summed E-state index contributed by atoms with van der Waals surface area (Å²) in [5.74, 6) is -0.701. The molecular weight excluding hydrogens is 205 g/mol. The number of hydrogen-bond donors (Lipinski definition) is 1. The van der Waals surface area contributed by atoms with Gasteiger partial charge in [-0.3, -0.25) is 0 Å². The molecule has 1 N–H and O–H groups in total. The Balaban J connectivity index is 2.69. The summed E-state index contributed by atoms with van der Waals surface area (Å²) < 4.78 is 37.8. The lowest BCUT2D eigenvalue weighted by Crippen LogP contribution is -2.50. The van der Waals surface area contributed by atoms with Crippen molar-refractivity contribution in [3.63, 3.8) is 0 Å². The Morgan fingerprint density at radius 2 is 1.60 bits per heavy atom. The topological polar surface area (TPSA) is 20.2 Å². The van der Waals surface area contributed by atoms with Gasteiger partial charge < -0.3 is 5.11 Å². The second-order valence-corrected chi connectivity index (χ2v) is 4.83. The van der Waals surface area contributed by atoms with E-state index in [0.717, 1.165) is 39.0 Å². The van der Waals surface area contributed by atoms with E-state index in [1.807, 2.05) is 0 Å². The van der Waals surface area contributed by atoms with Crippen LogP contribution in [0.3, 0.4) is 0 Å². The standard InChI is InChI=1S/C11H19F3O/c1-8(9-6-4-3-5-7-9)10(2,15)11(12,13)14/h8-9,15H,3-7H2,1-2H3. The highest BCUT2D eigenvalue weighted by atomic mass is 19.4. The summed E-state index contributed by atoms with van der Waals surface area (Å²) in [5.41, 5.74) is -2.55. The van der Waals surface area contributed by atoms with Gasteiger partial charge in [0.15, 0.2) is 5.60 Å². The molecule has 1 aliphatic carbocycles. The molecule has 2 atom stereocenters. The third-order valence-electron chi connectivity index (χ3n) is 3.82. The van der Waals surface area contributed by atoms with E-state index in [1.165, 1.54) is 6.92 Å². The second kappa shape index (κ2) is 4.32. The first-order chi connectivity index (χ1) is 6.77. The number of hydrogen-bond acceptors (Lipinski definition) is 1. The Labute approximate surface area is 88.7 Å². The third kappa shape index (κ3) is 2.65.